The van der Waals surface area contributed by atoms with Crippen LogP contribution >= 0.6 is 0 Å². The molecule has 3 aliphatic carbocycles. The zero-order valence-corrected chi connectivity index (χ0v) is 15.1. The lowest BCUT2D eigenvalue weighted by molar-refractivity contribution is 0.105. The monoisotopic (exact) mass is 342 g/mol. The molecule has 138 valence electrons. The van der Waals surface area contributed by atoms with E-state index in [0.717, 1.165) is 30.8 Å². The first-order valence-corrected chi connectivity index (χ1v) is 10.2. The first-order valence-electron chi connectivity index (χ1n) is 12.2. The van der Waals surface area contributed by atoms with Gasteiger partial charge in [-0.15, -0.1) is 0 Å². The molecule has 3 aliphatic rings. The van der Waals surface area contributed by atoms with E-state index in [-0.39, 0.29) is 5.92 Å². The Bertz CT molecular complexity index is 549. The Balaban J connectivity index is 1.58. The lowest BCUT2D eigenvalue weighted by atomic mass is 9.66. The van der Waals surface area contributed by atoms with E-state index >= 15 is 0 Å². The average Bonchev–Trinajstić information content (AvgIpc) is 2.69. The van der Waals surface area contributed by atoms with Gasteiger partial charge in [0.2, 0.25) is 0 Å². The highest BCUT2D eigenvalue weighted by molar-refractivity contribution is 5.05. The number of allylic oxidation sites excluding steroid dienone is 2. The van der Waals surface area contributed by atoms with Crippen LogP contribution in [0.5, 0.6) is 0 Å². The van der Waals surface area contributed by atoms with Crippen LogP contribution in [-0.4, -0.2) is 12.3 Å². The SMILES string of the molecule is [2H]C1(F)C(F)C=CC([2H])(C2CCC(C3CCC(CCCC)CC3)CC2)C1([2H])[2H]. The van der Waals surface area contributed by atoms with Crippen molar-refractivity contribution >= 4 is 0 Å². The highest BCUT2D eigenvalue weighted by atomic mass is 19.2. The van der Waals surface area contributed by atoms with Gasteiger partial charge in [-0.3, -0.25) is 0 Å². The number of rotatable bonds is 5. The molecule has 0 amide bonds. The van der Waals surface area contributed by atoms with Crippen molar-refractivity contribution in [3.05, 3.63) is 12.2 Å². The highest BCUT2D eigenvalue weighted by Gasteiger charge is 2.35. The van der Waals surface area contributed by atoms with Crippen molar-refractivity contribution in [2.75, 3.05) is 0 Å². The maximum atomic E-state index is 14.5. The average molecular weight is 343 g/mol. The standard InChI is InChI=1S/C22H36F2/c1-2-3-4-16-5-7-17(8-6-16)18-9-11-19(12-10-18)20-13-14-21(23)22(24)15-20/h13-14,16-22H,2-12,15H2,1H3/i15D2,20D,22D. The predicted molar refractivity (Wildman–Crippen MR) is 97.5 cm³/mol. The molecule has 3 atom stereocenters. The molecule has 0 N–H and O–H groups in total. The number of alkyl halides is 2. The topological polar surface area (TPSA) is 0 Å². The quantitative estimate of drug-likeness (QED) is 0.470. The van der Waals surface area contributed by atoms with Crippen LogP contribution in [0.2, 0.25) is 0 Å². The molecule has 2 heteroatoms. The van der Waals surface area contributed by atoms with Crippen LogP contribution in [0.4, 0.5) is 8.78 Å². The van der Waals surface area contributed by atoms with Gasteiger partial charge in [-0.2, -0.15) is 0 Å². The van der Waals surface area contributed by atoms with Crippen molar-refractivity contribution in [3.8, 4) is 0 Å². The summed E-state index contributed by atoms with van der Waals surface area (Å²) in [5.41, 5.74) is 0. The fourth-order valence-electron chi connectivity index (χ4n) is 5.10. The molecular formula is C22H36F2. The lowest BCUT2D eigenvalue weighted by Crippen LogP contribution is -2.31. The van der Waals surface area contributed by atoms with Crippen LogP contribution < -0.4 is 0 Å². The number of hydrogen-bond donors (Lipinski definition) is 0. The van der Waals surface area contributed by atoms with Crippen LogP contribution in [0, 0.1) is 29.6 Å². The van der Waals surface area contributed by atoms with Crippen LogP contribution in [0.1, 0.15) is 89.4 Å². The van der Waals surface area contributed by atoms with Gasteiger partial charge in [0.15, 0.2) is 0 Å². The van der Waals surface area contributed by atoms with Gasteiger partial charge in [0, 0.05) is 4.11 Å². The second kappa shape index (κ2) is 8.81. The van der Waals surface area contributed by atoms with Crippen molar-refractivity contribution in [3.63, 3.8) is 0 Å². The molecule has 3 rings (SSSR count). The van der Waals surface area contributed by atoms with Crippen molar-refractivity contribution < 1.29 is 14.3 Å². The Morgan fingerprint density at radius 3 is 2.12 bits per heavy atom. The van der Waals surface area contributed by atoms with Crippen molar-refractivity contribution in [2.24, 2.45) is 29.6 Å². The molecule has 0 spiro atoms. The predicted octanol–water partition coefficient (Wildman–Crippen LogP) is 7.04. The first-order chi connectivity index (χ1) is 13.1. The van der Waals surface area contributed by atoms with Crippen LogP contribution in [0.3, 0.4) is 0 Å². The third-order valence-electron chi connectivity index (χ3n) is 6.69. The minimum absolute atomic E-state index is 0.358. The third kappa shape index (κ3) is 4.61. The van der Waals surface area contributed by atoms with Gasteiger partial charge in [0.05, 0.1) is 1.37 Å². The molecule has 3 unspecified atom stereocenters. The molecule has 0 aromatic rings. The van der Waals surface area contributed by atoms with Gasteiger partial charge in [-0.05, 0) is 74.5 Å². The highest BCUT2D eigenvalue weighted by Crippen LogP contribution is 2.45. The van der Waals surface area contributed by atoms with E-state index in [9.17, 15) is 8.78 Å². The van der Waals surface area contributed by atoms with Crippen molar-refractivity contribution in [2.45, 2.75) is 96.2 Å². The van der Waals surface area contributed by atoms with Gasteiger partial charge in [-0.25, -0.2) is 8.78 Å². The minimum atomic E-state index is -3.41. The second-order valence-electron chi connectivity index (χ2n) is 8.22. The molecule has 2 fully saturated rings. The fourth-order valence-corrected chi connectivity index (χ4v) is 5.10. The van der Waals surface area contributed by atoms with E-state index in [0.29, 0.717) is 18.8 Å². The summed E-state index contributed by atoms with van der Waals surface area (Å²) in [6.45, 7) is 2.24. The third-order valence-corrected chi connectivity index (χ3v) is 6.69. The van der Waals surface area contributed by atoms with Gasteiger partial charge < -0.3 is 0 Å². The van der Waals surface area contributed by atoms with Gasteiger partial charge in [-0.1, -0.05) is 51.2 Å². The van der Waals surface area contributed by atoms with Gasteiger partial charge >= 0.3 is 0 Å². The summed E-state index contributed by atoms with van der Waals surface area (Å²) < 4.78 is 60.8. The second-order valence-corrected chi connectivity index (χ2v) is 8.22. The number of halogens is 2. The maximum absolute atomic E-state index is 14.5. The van der Waals surface area contributed by atoms with E-state index in [1.165, 1.54) is 51.0 Å². The van der Waals surface area contributed by atoms with Crippen LogP contribution in [-0.2, 0) is 0 Å². The summed E-state index contributed by atoms with van der Waals surface area (Å²) in [7, 11) is 0. The fraction of sp³-hybridized carbons (Fsp3) is 0.909. The minimum Gasteiger partial charge on any atom is -0.244 e. The Morgan fingerprint density at radius 2 is 1.50 bits per heavy atom. The summed E-state index contributed by atoms with van der Waals surface area (Å²) in [5.74, 6) is 0.00160. The van der Waals surface area contributed by atoms with E-state index in [1.807, 2.05) is 0 Å². The first kappa shape index (κ1) is 13.8. The zero-order chi connectivity index (χ0) is 20.6. The van der Waals surface area contributed by atoms with Crippen molar-refractivity contribution in [1.82, 2.24) is 0 Å². The summed E-state index contributed by atoms with van der Waals surface area (Å²) in [4.78, 5) is 0. The smallest absolute Gasteiger partial charge is 0.149 e. The molecule has 0 nitrogen and oxygen atoms in total. The Hall–Kier alpha value is -0.400. The van der Waals surface area contributed by atoms with Crippen LogP contribution in [0.15, 0.2) is 12.2 Å². The van der Waals surface area contributed by atoms with Gasteiger partial charge in [0.1, 0.15) is 12.3 Å². The van der Waals surface area contributed by atoms with E-state index in [4.69, 9.17) is 5.48 Å². The molecule has 0 bridgehead atoms. The molecule has 0 heterocycles. The van der Waals surface area contributed by atoms with E-state index < -0.39 is 24.6 Å². The summed E-state index contributed by atoms with van der Waals surface area (Å²) >= 11 is 0. The Labute approximate surface area is 153 Å². The van der Waals surface area contributed by atoms with Crippen molar-refractivity contribution in [1.29, 1.82) is 0 Å². The summed E-state index contributed by atoms with van der Waals surface area (Å²) in [5, 5.41) is 0. The molecule has 24 heavy (non-hydrogen) atoms. The molecule has 2 saturated carbocycles. The molecule has 0 aliphatic heterocycles. The normalized spacial score (nSPS) is 54.4. The Morgan fingerprint density at radius 1 is 0.917 bits per heavy atom. The van der Waals surface area contributed by atoms with E-state index in [2.05, 4.69) is 6.92 Å². The molecule has 0 aromatic heterocycles. The maximum Gasteiger partial charge on any atom is 0.149 e. The molecule has 0 radical (unpaired) electrons. The zero-order valence-electron chi connectivity index (χ0n) is 19.1. The molecule has 0 saturated heterocycles. The summed E-state index contributed by atoms with van der Waals surface area (Å²) in [6, 6.07) is 0. The molecular weight excluding hydrogens is 302 g/mol. The number of hydrogen-bond acceptors (Lipinski definition) is 0. The Kier molecular flexibility index (Phi) is 5.05. The largest absolute Gasteiger partial charge is 0.244 e. The number of unbranched alkanes of at least 4 members (excludes halogenated alkanes) is 1. The molecule has 0 aromatic carbocycles. The van der Waals surface area contributed by atoms with Crippen LogP contribution in [0.25, 0.3) is 0 Å². The van der Waals surface area contributed by atoms with E-state index in [1.54, 1.807) is 0 Å². The van der Waals surface area contributed by atoms with Gasteiger partial charge in [0.25, 0.3) is 0 Å². The summed E-state index contributed by atoms with van der Waals surface area (Å²) in [6.07, 6.45) is 5.87. The lowest BCUT2D eigenvalue weighted by Gasteiger charge is -2.40.